The number of benzene rings is 1. The van der Waals surface area contributed by atoms with E-state index in [1.807, 2.05) is 30.5 Å². The SMILES string of the molecule is C=c1cccc/c1=C/N=C(\C)C(C)(C)C. The Morgan fingerprint density at radius 3 is 2.40 bits per heavy atom. The molecule has 0 fully saturated rings. The number of nitrogens with zero attached hydrogens (tertiary/aromatic N) is 1. The Kier molecular flexibility index (Phi) is 3.46. The van der Waals surface area contributed by atoms with Gasteiger partial charge in [-0.2, -0.15) is 0 Å². The quantitative estimate of drug-likeness (QED) is 0.618. The first-order chi connectivity index (χ1) is 6.91. The maximum Gasteiger partial charge on any atom is 0.0345 e. The minimum Gasteiger partial charge on any atom is -0.265 e. The molecule has 0 saturated carbocycles. The molecule has 0 atom stereocenters. The zero-order valence-electron chi connectivity index (χ0n) is 10.0. The van der Waals surface area contributed by atoms with Crippen LogP contribution in [0.15, 0.2) is 29.3 Å². The van der Waals surface area contributed by atoms with E-state index in [9.17, 15) is 0 Å². The van der Waals surface area contributed by atoms with E-state index in [-0.39, 0.29) is 5.41 Å². The number of aliphatic imine (C=N–C) groups is 1. The monoisotopic (exact) mass is 201 g/mol. The second kappa shape index (κ2) is 4.43. The summed E-state index contributed by atoms with van der Waals surface area (Å²) in [5, 5.41) is 2.10. The first-order valence-corrected chi connectivity index (χ1v) is 5.20. The molecule has 0 spiro atoms. The predicted octanol–water partition coefficient (Wildman–Crippen LogP) is 2.34. The van der Waals surface area contributed by atoms with Gasteiger partial charge in [-0.15, -0.1) is 0 Å². The van der Waals surface area contributed by atoms with Crippen molar-refractivity contribution in [1.29, 1.82) is 0 Å². The van der Waals surface area contributed by atoms with E-state index in [0.717, 1.165) is 16.1 Å². The number of hydrogen-bond donors (Lipinski definition) is 0. The van der Waals surface area contributed by atoms with E-state index in [0.29, 0.717) is 0 Å². The van der Waals surface area contributed by atoms with Crippen LogP contribution in [0.1, 0.15) is 27.7 Å². The molecule has 80 valence electrons. The van der Waals surface area contributed by atoms with Crippen molar-refractivity contribution >= 4 is 18.5 Å². The molecule has 1 nitrogen and oxygen atoms in total. The van der Waals surface area contributed by atoms with Crippen molar-refractivity contribution < 1.29 is 0 Å². The Hall–Kier alpha value is -1.37. The predicted molar refractivity (Wildman–Crippen MR) is 68.2 cm³/mol. The summed E-state index contributed by atoms with van der Waals surface area (Å²) in [7, 11) is 0. The van der Waals surface area contributed by atoms with Gasteiger partial charge in [0.1, 0.15) is 0 Å². The smallest absolute Gasteiger partial charge is 0.0345 e. The van der Waals surface area contributed by atoms with Crippen LogP contribution in [0.25, 0.3) is 12.8 Å². The average Bonchev–Trinajstić information content (AvgIpc) is 2.14. The van der Waals surface area contributed by atoms with Gasteiger partial charge in [0.15, 0.2) is 0 Å². The topological polar surface area (TPSA) is 12.4 Å². The molecule has 0 saturated heterocycles. The molecule has 0 aliphatic rings. The molecule has 0 unspecified atom stereocenters. The zero-order valence-corrected chi connectivity index (χ0v) is 10.0. The zero-order chi connectivity index (χ0) is 11.5. The molecule has 0 aromatic heterocycles. The minimum absolute atomic E-state index is 0.132. The van der Waals surface area contributed by atoms with E-state index in [4.69, 9.17) is 0 Å². The van der Waals surface area contributed by atoms with Crippen molar-refractivity contribution in [3.8, 4) is 0 Å². The van der Waals surface area contributed by atoms with Gasteiger partial charge in [0.25, 0.3) is 0 Å². The fraction of sp³-hybridized carbons (Fsp3) is 0.357. The molecular formula is C14H19N. The summed E-state index contributed by atoms with van der Waals surface area (Å²) in [5.41, 5.74) is 1.26. The molecule has 0 amide bonds. The number of hydrogen-bond acceptors (Lipinski definition) is 1. The van der Waals surface area contributed by atoms with Crippen molar-refractivity contribution in [3.63, 3.8) is 0 Å². The maximum absolute atomic E-state index is 4.48. The number of rotatable bonds is 1. The Morgan fingerprint density at radius 2 is 1.87 bits per heavy atom. The fourth-order valence-corrected chi connectivity index (χ4v) is 1.02. The Morgan fingerprint density at radius 1 is 1.27 bits per heavy atom. The van der Waals surface area contributed by atoms with Crippen LogP contribution in [0.2, 0.25) is 0 Å². The molecule has 1 aromatic rings. The average molecular weight is 201 g/mol. The van der Waals surface area contributed by atoms with Crippen LogP contribution in [-0.4, -0.2) is 5.71 Å². The summed E-state index contributed by atoms with van der Waals surface area (Å²) in [6.07, 6.45) is 1.89. The van der Waals surface area contributed by atoms with Crippen LogP contribution in [0.4, 0.5) is 0 Å². The molecular weight excluding hydrogens is 182 g/mol. The van der Waals surface area contributed by atoms with Crippen molar-refractivity contribution in [2.45, 2.75) is 27.7 Å². The summed E-state index contributed by atoms with van der Waals surface area (Å²) in [6, 6.07) is 8.01. The molecule has 0 radical (unpaired) electrons. The van der Waals surface area contributed by atoms with E-state index < -0.39 is 0 Å². The van der Waals surface area contributed by atoms with Gasteiger partial charge >= 0.3 is 0 Å². The molecule has 0 bridgehead atoms. The third kappa shape index (κ3) is 3.35. The highest BCUT2D eigenvalue weighted by atomic mass is 14.7. The Labute approximate surface area is 91.9 Å². The van der Waals surface area contributed by atoms with E-state index in [2.05, 4.69) is 39.3 Å². The van der Waals surface area contributed by atoms with Gasteiger partial charge in [0, 0.05) is 11.9 Å². The second-order valence-electron chi connectivity index (χ2n) is 4.79. The van der Waals surface area contributed by atoms with Crippen LogP contribution < -0.4 is 10.4 Å². The Bertz CT molecular complexity index is 461. The van der Waals surface area contributed by atoms with Crippen LogP contribution in [-0.2, 0) is 0 Å². The summed E-state index contributed by atoms with van der Waals surface area (Å²) in [5.74, 6) is 0. The molecule has 0 heterocycles. The lowest BCUT2D eigenvalue weighted by atomic mass is 9.91. The van der Waals surface area contributed by atoms with Gasteiger partial charge in [-0.05, 0) is 22.8 Å². The molecule has 1 heteroatoms. The van der Waals surface area contributed by atoms with Crippen molar-refractivity contribution in [2.75, 3.05) is 0 Å². The molecule has 1 aromatic carbocycles. The van der Waals surface area contributed by atoms with Gasteiger partial charge in [-0.3, -0.25) is 4.99 Å². The summed E-state index contributed by atoms with van der Waals surface area (Å²) in [6.45, 7) is 12.5. The van der Waals surface area contributed by atoms with Crippen molar-refractivity contribution in [2.24, 2.45) is 10.4 Å². The summed E-state index contributed by atoms with van der Waals surface area (Å²) >= 11 is 0. The summed E-state index contributed by atoms with van der Waals surface area (Å²) in [4.78, 5) is 4.48. The third-order valence-electron chi connectivity index (χ3n) is 2.54. The third-order valence-corrected chi connectivity index (χ3v) is 2.54. The van der Waals surface area contributed by atoms with Crippen molar-refractivity contribution in [3.05, 3.63) is 34.7 Å². The molecule has 0 N–H and O–H groups in total. The van der Waals surface area contributed by atoms with E-state index >= 15 is 0 Å². The van der Waals surface area contributed by atoms with Crippen LogP contribution in [0.3, 0.4) is 0 Å². The van der Waals surface area contributed by atoms with Gasteiger partial charge < -0.3 is 0 Å². The highest BCUT2D eigenvalue weighted by Crippen LogP contribution is 2.15. The van der Waals surface area contributed by atoms with Gasteiger partial charge in [0.05, 0.1) is 0 Å². The lowest BCUT2D eigenvalue weighted by Crippen LogP contribution is -2.22. The Balaban J connectivity index is 3.12. The normalized spacial score (nSPS) is 14.4. The lowest BCUT2D eigenvalue weighted by molar-refractivity contribution is 0.588. The maximum atomic E-state index is 4.48. The van der Waals surface area contributed by atoms with Crippen molar-refractivity contribution in [1.82, 2.24) is 0 Å². The summed E-state index contributed by atoms with van der Waals surface area (Å²) < 4.78 is 0. The van der Waals surface area contributed by atoms with E-state index in [1.165, 1.54) is 0 Å². The van der Waals surface area contributed by atoms with Crippen LogP contribution >= 0.6 is 0 Å². The van der Waals surface area contributed by atoms with Crippen LogP contribution in [0, 0.1) is 5.41 Å². The molecule has 15 heavy (non-hydrogen) atoms. The van der Waals surface area contributed by atoms with Gasteiger partial charge in [-0.25, -0.2) is 0 Å². The lowest BCUT2D eigenvalue weighted by Gasteiger charge is -2.16. The van der Waals surface area contributed by atoms with Gasteiger partial charge in [-0.1, -0.05) is 51.6 Å². The highest BCUT2D eigenvalue weighted by molar-refractivity contribution is 5.88. The standard InChI is InChI=1S/C14H19N/c1-11-8-6-7-9-13(11)10-15-12(2)14(3,4)5/h6-10H,1H2,2-5H3/b13-10-,15-12+. The molecule has 0 aliphatic carbocycles. The fourth-order valence-electron chi connectivity index (χ4n) is 1.02. The van der Waals surface area contributed by atoms with Gasteiger partial charge in [0.2, 0.25) is 0 Å². The minimum atomic E-state index is 0.132. The molecule has 1 rings (SSSR count). The molecule has 0 aliphatic heterocycles. The van der Waals surface area contributed by atoms with Crippen LogP contribution in [0.5, 0.6) is 0 Å². The second-order valence-corrected chi connectivity index (χ2v) is 4.79. The first kappa shape index (κ1) is 11.7. The van der Waals surface area contributed by atoms with E-state index in [1.54, 1.807) is 0 Å². The highest BCUT2D eigenvalue weighted by Gasteiger charge is 2.12. The largest absolute Gasteiger partial charge is 0.265 e. The first-order valence-electron chi connectivity index (χ1n) is 5.20.